The van der Waals surface area contributed by atoms with E-state index in [2.05, 4.69) is 15.6 Å². The van der Waals surface area contributed by atoms with Crippen LogP contribution >= 0.6 is 11.6 Å². The molecule has 176 valence electrons. The van der Waals surface area contributed by atoms with Crippen molar-refractivity contribution in [2.24, 2.45) is 0 Å². The number of hydrogen-bond donors (Lipinski definition) is 1. The first-order chi connectivity index (χ1) is 16.8. The van der Waals surface area contributed by atoms with Crippen molar-refractivity contribution in [3.05, 3.63) is 104 Å². The smallest absolute Gasteiger partial charge is 0.329 e. The minimum absolute atomic E-state index is 0.0660. The van der Waals surface area contributed by atoms with E-state index in [4.69, 9.17) is 16.3 Å². The van der Waals surface area contributed by atoms with E-state index in [1.54, 1.807) is 54.6 Å². The molecular formula is C23H16ClN5O6. The summed E-state index contributed by atoms with van der Waals surface area (Å²) >= 11 is 6.07. The largest absolute Gasteiger partial charge is 0.446 e. The molecule has 0 aliphatic heterocycles. The molecule has 3 aromatic carbocycles. The van der Waals surface area contributed by atoms with Crippen molar-refractivity contribution in [2.45, 2.75) is 12.6 Å². The fraction of sp³-hybridized carbons (Fsp3) is 0.0870. The van der Waals surface area contributed by atoms with Crippen LogP contribution in [0.15, 0.2) is 77.6 Å². The minimum Gasteiger partial charge on any atom is -0.446 e. The Bertz CT molecular complexity index is 1490. The maximum absolute atomic E-state index is 13.0. The van der Waals surface area contributed by atoms with Gasteiger partial charge in [-0.1, -0.05) is 59.3 Å². The number of nitrogens with zero attached hydrogens (tertiary/aromatic N) is 4. The van der Waals surface area contributed by atoms with Crippen molar-refractivity contribution in [3.63, 3.8) is 0 Å². The molecule has 0 fully saturated rings. The molecule has 4 aromatic rings. The fourth-order valence-electron chi connectivity index (χ4n) is 3.24. The molecule has 0 saturated heterocycles. The Morgan fingerprint density at radius 1 is 1.09 bits per heavy atom. The Hall–Kier alpha value is -4.64. The van der Waals surface area contributed by atoms with Crippen LogP contribution in [0.4, 0.5) is 11.4 Å². The van der Waals surface area contributed by atoms with Gasteiger partial charge in [-0.3, -0.25) is 24.5 Å². The lowest BCUT2D eigenvalue weighted by Crippen LogP contribution is -2.31. The Morgan fingerprint density at radius 3 is 2.51 bits per heavy atom. The van der Waals surface area contributed by atoms with E-state index < -0.39 is 35.0 Å². The summed E-state index contributed by atoms with van der Waals surface area (Å²) in [5.41, 5.74) is 0.0414. The topological polar surface area (TPSA) is 146 Å². The predicted octanol–water partition coefficient (Wildman–Crippen LogP) is 3.28. The molecule has 1 aromatic heterocycles. The van der Waals surface area contributed by atoms with Gasteiger partial charge in [0.2, 0.25) is 6.10 Å². The van der Waals surface area contributed by atoms with Crippen LogP contribution in [0.2, 0.25) is 5.02 Å². The second-order valence-electron chi connectivity index (χ2n) is 7.26. The van der Waals surface area contributed by atoms with E-state index in [0.29, 0.717) is 11.1 Å². The second-order valence-corrected chi connectivity index (χ2v) is 7.67. The highest BCUT2D eigenvalue weighted by Gasteiger charge is 2.26. The van der Waals surface area contributed by atoms with Crippen LogP contribution in [-0.2, 0) is 20.9 Å². The lowest BCUT2D eigenvalue weighted by molar-refractivity contribution is -0.384. The minimum atomic E-state index is -1.40. The number of anilines is 1. The zero-order chi connectivity index (χ0) is 24.9. The molecule has 0 bridgehead atoms. The Balaban J connectivity index is 1.56. The summed E-state index contributed by atoms with van der Waals surface area (Å²) in [5, 5.41) is 21.3. The Kier molecular flexibility index (Phi) is 6.78. The van der Waals surface area contributed by atoms with E-state index in [0.717, 1.165) is 10.7 Å². The summed E-state index contributed by atoms with van der Waals surface area (Å²) in [5.74, 6) is -1.66. The molecule has 1 unspecified atom stereocenters. The number of rotatable bonds is 7. The lowest BCUT2D eigenvalue weighted by atomic mass is 10.1. The zero-order valence-corrected chi connectivity index (χ0v) is 18.6. The van der Waals surface area contributed by atoms with Gasteiger partial charge in [0.25, 0.3) is 17.2 Å². The van der Waals surface area contributed by atoms with Crippen LogP contribution in [0.3, 0.4) is 0 Å². The third-order valence-corrected chi connectivity index (χ3v) is 5.23. The third kappa shape index (κ3) is 5.31. The zero-order valence-electron chi connectivity index (χ0n) is 17.8. The molecule has 1 N–H and O–H groups in total. The van der Waals surface area contributed by atoms with Gasteiger partial charge in [0.1, 0.15) is 12.1 Å². The van der Waals surface area contributed by atoms with Gasteiger partial charge in [0.15, 0.2) is 0 Å². The first kappa shape index (κ1) is 23.5. The number of fused-ring (bicyclic) bond motifs is 1. The molecule has 1 amide bonds. The van der Waals surface area contributed by atoms with Crippen molar-refractivity contribution in [1.82, 2.24) is 15.0 Å². The number of nitro benzene ring substituents is 1. The molecule has 1 atom stereocenters. The molecule has 0 spiro atoms. The van der Waals surface area contributed by atoms with Crippen molar-refractivity contribution in [2.75, 3.05) is 5.32 Å². The monoisotopic (exact) mass is 493 g/mol. The molecule has 1 heterocycles. The number of halogens is 1. The number of esters is 1. The third-order valence-electron chi connectivity index (χ3n) is 4.92. The molecule has 4 rings (SSSR count). The van der Waals surface area contributed by atoms with Gasteiger partial charge >= 0.3 is 5.97 Å². The number of benzene rings is 3. The van der Waals surface area contributed by atoms with Crippen LogP contribution in [0.5, 0.6) is 0 Å². The molecule has 35 heavy (non-hydrogen) atoms. The molecular weight excluding hydrogens is 478 g/mol. The highest BCUT2D eigenvalue weighted by Crippen LogP contribution is 2.28. The van der Waals surface area contributed by atoms with Crippen LogP contribution < -0.4 is 10.9 Å². The molecule has 11 nitrogen and oxygen atoms in total. The molecule has 0 radical (unpaired) electrons. The fourth-order valence-corrected chi connectivity index (χ4v) is 3.46. The number of nitrogens with one attached hydrogen (secondary N) is 1. The van der Waals surface area contributed by atoms with Crippen molar-refractivity contribution in [3.8, 4) is 0 Å². The number of carbonyl (C=O) groups is 2. The van der Waals surface area contributed by atoms with E-state index in [1.165, 1.54) is 12.1 Å². The first-order valence-electron chi connectivity index (χ1n) is 10.2. The summed E-state index contributed by atoms with van der Waals surface area (Å²) in [6, 6.07) is 18.3. The Morgan fingerprint density at radius 2 is 1.80 bits per heavy atom. The highest BCUT2D eigenvalue weighted by molar-refractivity contribution is 6.34. The number of carbonyl (C=O) groups excluding carboxylic acids is 2. The average molecular weight is 494 g/mol. The summed E-state index contributed by atoms with van der Waals surface area (Å²) < 4.78 is 6.26. The van der Waals surface area contributed by atoms with E-state index >= 15 is 0 Å². The number of nitro groups is 1. The van der Waals surface area contributed by atoms with Crippen LogP contribution in [0.1, 0.15) is 11.7 Å². The average Bonchev–Trinajstić information content (AvgIpc) is 2.86. The molecule has 12 heteroatoms. The van der Waals surface area contributed by atoms with Gasteiger partial charge in [-0.05, 0) is 18.2 Å². The van der Waals surface area contributed by atoms with Gasteiger partial charge in [0, 0.05) is 17.7 Å². The maximum Gasteiger partial charge on any atom is 0.329 e. The summed E-state index contributed by atoms with van der Waals surface area (Å²) in [4.78, 5) is 48.6. The van der Waals surface area contributed by atoms with Crippen LogP contribution in [0, 0.1) is 10.1 Å². The lowest BCUT2D eigenvalue weighted by Gasteiger charge is -2.18. The number of aromatic nitrogens is 3. The standard InChI is InChI=1S/C23H16ClN5O6/c24-17-12-15(29(33)34)10-11-19(17)25-22(31)21(14-6-2-1-3-7-14)35-20(30)13-28-23(32)16-8-4-5-9-18(16)26-27-28/h1-12,21H,13H2,(H,25,31). The predicted molar refractivity (Wildman–Crippen MR) is 126 cm³/mol. The summed E-state index contributed by atoms with van der Waals surface area (Å²) in [6.45, 7) is -0.578. The van der Waals surface area contributed by atoms with E-state index in [9.17, 15) is 24.5 Å². The van der Waals surface area contributed by atoms with Gasteiger partial charge in [0.05, 0.1) is 21.0 Å². The van der Waals surface area contributed by atoms with Gasteiger partial charge in [-0.2, -0.15) is 4.68 Å². The number of ether oxygens (including phenoxy) is 1. The second kappa shape index (κ2) is 10.1. The van der Waals surface area contributed by atoms with Crippen LogP contribution in [0.25, 0.3) is 10.9 Å². The summed E-state index contributed by atoms with van der Waals surface area (Å²) in [7, 11) is 0. The maximum atomic E-state index is 13.0. The quantitative estimate of drug-likeness (QED) is 0.234. The Labute approximate surface area is 202 Å². The normalized spacial score (nSPS) is 11.6. The molecule has 0 saturated carbocycles. The van der Waals surface area contributed by atoms with Crippen molar-refractivity contribution < 1.29 is 19.2 Å². The van der Waals surface area contributed by atoms with Gasteiger partial charge in [-0.25, -0.2) is 0 Å². The van der Waals surface area contributed by atoms with Gasteiger partial charge in [-0.15, -0.1) is 5.10 Å². The molecule has 0 aliphatic rings. The van der Waals surface area contributed by atoms with E-state index in [1.807, 2.05) is 0 Å². The SMILES string of the molecule is O=C(Cn1nnc2ccccc2c1=O)OC(C(=O)Nc1ccc([N+](=O)[O-])cc1Cl)c1ccccc1. The van der Waals surface area contributed by atoms with Crippen LogP contribution in [-0.4, -0.2) is 31.8 Å². The van der Waals surface area contributed by atoms with Gasteiger partial charge < -0.3 is 10.1 Å². The van der Waals surface area contributed by atoms with Crippen molar-refractivity contribution >= 4 is 45.8 Å². The number of non-ortho nitro benzene ring substituents is 1. The molecule has 0 aliphatic carbocycles. The number of amides is 1. The van der Waals surface area contributed by atoms with Crippen molar-refractivity contribution in [1.29, 1.82) is 0 Å². The van der Waals surface area contributed by atoms with E-state index in [-0.39, 0.29) is 21.8 Å². The highest BCUT2D eigenvalue weighted by atomic mass is 35.5. The summed E-state index contributed by atoms with van der Waals surface area (Å²) in [6.07, 6.45) is -1.40. The number of hydrogen-bond acceptors (Lipinski definition) is 8. The first-order valence-corrected chi connectivity index (χ1v) is 10.5.